The van der Waals surface area contributed by atoms with Crippen LogP contribution in [0, 0.1) is 0 Å². The van der Waals surface area contributed by atoms with Gasteiger partial charge < -0.3 is 15.2 Å². The SMILES string of the molecule is O=C([O-])CSCC(=O)Nc1cc(C(F)(F)F)cc(C(F)(F)F)c1. The van der Waals surface area contributed by atoms with Gasteiger partial charge >= 0.3 is 12.4 Å². The Balaban J connectivity index is 2.97. The number of carbonyl (C=O) groups excluding carboxylic acids is 2. The molecule has 1 rings (SSSR count). The lowest BCUT2D eigenvalue weighted by atomic mass is 10.1. The third-order valence-electron chi connectivity index (χ3n) is 2.32. The number of benzene rings is 1. The molecule has 1 N–H and O–H groups in total. The number of hydrogen-bond acceptors (Lipinski definition) is 4. The first-order chi connectivity index (χ1) is 10.4. The second-order valence-electron chi connectivity index (χ2n) is 4.21. The third kappa shape index (κ3) is 6.38. The van der Waals surface area contributed by atoms with Crippen LogP contribution in [0.15, 0.2) is 18.2 Å². The number of alkyl halides is 6. The Morgan fingerprint density at radius 2 is 1.43 bits per heavy atom. The molecule has 1 aromatic carbocycles. The lowest BCUT2D eigenvalue weighted by Crippen LogP contribution is -2.25. The van der Waals surface area contributed by atoms with Crippen molar-refractivity contribution in [1.29, 1.82) is 0 Å². The van der Waals surface area contributed by atoms with Gasteiger partial charge in [-0.25, -0.2) is 0 Å². The van der Waals surface area contributed by atoms with E-state index in [-0.39, 0.29) is 6.07 Å². The van der Waals surface area contributed by atoms with Crippen molar-refractivity contribution >= 4 is 29.3 Å². The molecule has 0 aliphatic heterocycles. The quantitative estimate of drug-likeness (QED) is 0.817. The van der Waals surface area contributed by atoms with E-state index in [1.807, 2.05) is 5.32 Å². The first-order valence-corrected chi connectivity index (χ1v) is 6.92. The van der Waals surface area contributed by atoms with Crippen molar-refractivity contribution in [2.75, 3.05) is 16.8 Å². The summed E-state index contributed by atoms with van der Waals surface area (Å²) in [5, 5.41) is 12.0. The van der Waals surface area contributed by atoms with Crippen LogP contribution in [0.5, 0.6) is 0 Å². The van der Waals surface area contributed by atoms with Crippen molar-refractivity contribution in [3.05, 3.63) is 29.3 Å². The number of carbonyl (C=O) groups is 2. The third-order valence-corrected chi connectivity index (χ3v) is 3.23. The topological polar surface area (TPSA) is 69.2 Å². The number of anilines is 1. The molecular formula is C12H8F6NO3S-. The lowest BCUT2D eigenvalue weighted by molar-refractivity contribution is -0.301. The van der Waals surface area contributed by atoms with E-state index in [1.54, 1.807) is 0 Å². The molecule has 0 bridgehead atoms. The Labute approximate surface area is 129 Å². The van der Waals surface area contributed by atoms with Crippen LogP contribution in [-0.2, 0) is 21.9 Å². The Morgan fingerprint density at radius 1 is 0.957 bits per heavy atom. The average molecular weight is 360 g/mol. The molecule has 0 saturated carbocycles. The number of nitrogens with one attached hydrogen (secondary N) is 1. The number of aliphatic carboxylic acids is 1. The zero-order valence-corrected chi connectivity index (χ0v) is 11.9. The number of thioether (sulfide) groups is 1. The Hall–Kier alpha value is -1.91. The van der Waals surface area contributed by atoms with Crippen LogP contribution in [0.2, 0.25) is 0 Å². The molecular weight excluding hydrogens is 352 g/mol. The minimum Gasteiger partial charge on any atom is -0.549 e. The van der Waals surface area contributed by atoms with E-state index in [1.165, 1.54) is 0 Å². The van der Waals surface area contributed by atoms with Crippen LogP contribution >= 0.6 is 11.8 Å². The highest BCUT2D eigenvalue weighted by Gasteiger charge is 2.37. The van der Waals surface area contributed by atoms with E-state index in [4.69, 9.17) is 0 Å². The van der Waals surface area contributed by atoms with Gasteiger partial charge in [-0.05, 0) is 18.2 Å². The van der Waals surface area contributed by atoms with Crippen molar-refractivity contribution in [2.24, 2.45) is 0 Å². The molecule has 0 unspecified atom stereocenters. The molecule has 23 heavy (non-hydrogen) atoms. The van der Waals surface area contributed by atoms with Gasteiger partial charge in [-0.15, -0.1) is 11.8 Å². The van der Waals surface area contributed by atoms with Crippen LogP contribution in [-0.4, -0.2) is 23.4 Å². The first-order valence-electron chi connectivity index (χ1n) is 5.76. The number of carboxylic acids is 1. The summed E-state index contributed by atoms with van der Waals surface area (Å²) < 4.78 is 75.7. The summed E-state index contributed by atoms with van der Waals surface area (Å²) in [4.78, 5) is 21.5. The molecule has 128 valence electrons. The van der Waals surface area contributed by atoms with E-state index >= 15 is 0 Å². The normalized spacial score (nSPS) is 12.1. The van der Waals surface area contributed by atoms with Gasteiger partial charge in [0.15, 0.2) is 0 Å². The standard InChI is InChI=1S/C12H9F6NO3S/c13-11(14,15)6-1-7(12(16,17)18)3-8(2-6)19-9(20)4-23-5-10(21)22/h1-3H,4-5H2,(H,19,20)(H,21,22)/p-1. The fourth-order valence-corrected chi connectivity index (χ4v) is 1.98. The summed E-state index contributed by atoms with van der Waals surface area (Å²) in [6.07, 6.45) is -10.0. The van der Waals surface area contributed by atoms with Gasteiger partial charge in [0.25, 0.3) is 0 Å². The highest BCUT2D eigenvalue weighted by Crippen LogP contribution is 2.37. The summed E-state index contributed by atoms with van der Waals surface area (Å²) in [5.41, 5.74) is -3.82. The lowest BCUT2D eigenvalue weighted by Gasteiger charge is -2.14. The molecule has 0 aliphatic rings. The predicted octanol–water partition coefficient (Wildman–Crippen LogP) is 2.15. The van der Waals surface area contributed by atoms with Crippen LogP contribution in [0.25, 0.3) is 0 Å². The van der Waals surface area contributed by atoms with Crippen molar-refractivity contribution in [1.82, 2.24) is 0 Å². The number of carboxylic acid groups (broad SMARTS) is 1. The van der Waals surface area contributed by atoms with Gasteiger partial charge in [0.1, 0.15) is 0 Å². The van der Waals surface area contributed by atoms with Crippen molar-refractivity contribution in [2.45, 2.75) is 12.4 Å². The summed E-state index contributed by atoms with van der Waals surface area (Å²) in [7, 11) is 0. The van der Waals surface area contributed by atoms with Crippen molar-refractivity contribution in [3.63, 3.8) is 0 Å². The number of amides is 1. The molecule has 11 heteroatoms. The number of rotatable bonds is 5. The first kappa shape index (κ1) is 19.1. The van der Waals surface area contributed by atoms with Gasteiger partial charge in [-0.3, -0.25) is 4.79 Å². The molecule has 0 spiro atoms. The van der Waals surface area contributed by atoms with Crippen molar-refractivity contribution < 1.29 is 41.0 Å². The fourth-order valence-electron chi connectivity index (χ4n) is 1.45. The largest absolute Gasteiger partial charge is 0.549 e. The predicted molar refractivity (Wildman–Crippen MR) is 67.4 cm³/mol. The molecule has 0 heterocycles. The Morgan fingerprint density at radius 3 is 1.83 bits per heavy atom. The zero-order chi connectivity index (χ0) is 17.8. The molecule has 1 amide bonds. The summed E-state index contributed by atoms with van der Waals surface area (Å²) in [6.45, 7) is 0. The van der Waals surface area contributed by atoms with Crippen LogP contribution < -0.4 is 10.4 Å². The van der Waals surface area contributed by atoms with Gasteiger partial charge in [0.2, 0.25) is 5.91 Å². The number of hydrogen-bond donors (Lipinski definition) is 1. The average Bonchev–Trinajstić information content (AvgIpc) is 2.35. The highest BCUT2D eigenvalue weighted by atomic mass is 32.2. The van der Waals surface area contributed by atoms with Gasteiger partial charge in [0, 0.05) is 11.4 Å². The molecule has 0 radical (unpaired) electrons. The second-order valence-corrected chi connectivity index (χ2v) is 5.19. The Bertz CT molecular complexity index is 567. The van der Waals surface area contributed by atoms with Gasteiger partial charge in [-0.1, -0.05) is 0 Å². The van der Waals surface area contributed by atoms with E-state index in [0.29, 0.717) is 23.9 Å². The van der Waals surface area contributed by atoms with E-state index in [0.717, 1.165) is 0 Å². The zero-order valence-electron chi connectivity index (χ0n) is 11.0. The van der Waals surface area contributed by atoms with E-state index in [9.17, 15) is 41.0 Å². The molecule has 0 saturated heterocycles. The minimum atomic E-state index is -5.02. The highest BCUT2D eigenvalue weighted by molar-refractivity contribution is 8.00. The maximum atomic E-state index is 12.6. The molecule has 0 aliphatic carbocycles. The maximum Gasteiger partial charge on any atom is 0.416 e. The van der Waals surface area contributed by atoms with E-state index < -0.39 is 52.5 Å². The summed E-state index contributed by atoms with van der Waals surface area (Å²) in [5.74, 6) is -3.40. The molecule has 0 fully saturated rings. The number of halogens is 6. The summed E-state index contributed by atoms with van der Waals surface area (Å²) >= 11 is 0.590. The summed E-state index contributed by atoms with van der Waals surface area (Å²) in [6, 6.07) is 0.646. The second kappa shape index (κ2) is 7.11. The molecule has 1 aromatic rings. The van der Waals surface area contributed by atoms with Gasteiger partial charge in [0.05, 0.1) is 22.8 Å². The fraction of sp³-hybridized carbons (Fsp3) is 0.333. The van der Waals surface area contributed by atoms with Crippen LogP contribution in [0.1, 0.15) is 11.1 Å². The van der Waals surface area contributed by atoms with Crippen LogP contribution in [0.3, 0.4) is 0 Å². The monoisotopic (exact) mass is 360 g/mol. The maximum absolute atomic E-state index is 12.6. The molecule has 4 nitrogen and oxygen atoms in total. The Kier molecular flexibility index (Phi) is 5.92. The van der Waals surface area contributed by atoms with Crippen LogP contribution in [0.4, 0.5) is 32.0 Å². The van der Waals surface area contributed by atoms with Crippen molar-refractivity contribution in [3.8, 4) is 0 Å². The smallest absolute Gasteiger partial charge is 0.416 e. The van der Waals surface area contributed by atoms with E-state index in [2.05, 4.69) is 0 Å². The molecule has 0 aromatic heterocycles. The van der Waals surface area contributed by atoms with Gasteiger partial charge in [-0.2, -0.15) is 26.3 Å². The minimum absolute atomic E-state index is 0.0689. The molecule has 0 atom stereocenters.